The molecule has 2 saturated heterocycles. The minimum absolute atomic E-state index is 0.0168. The quantitative estimate of drug-likeness (QED) is 0.482. The zero-order valence-electron chi connectivity index (χ0n) is 22.7. The molecule has 2 aliphatic heterocycles. The predicted octanol–water partition coefficient (Wildman–Crippen LogP) is 4.38. The van der Waals surface area contributed by atoms with Crippen molar-refractivity contribution in [2.24, 2.45) is 5.92 Å². The summed E-state index contributed by atoms with van der Waals surface area (Å²) in [5.74, 6) is -0.270. The zero-order chi connectivity index (χ0) is 28.1. The minimum atomic E-state index is -3.26. The van der Waals surface area contributed by atoms with Gasteiger partial charge in [0.15, 0.2) is 0 Å². The van der Waals surface area contributed by atoms with Gasteiger partial charge in [-0.3, -0.25) is 4.79 Å². The Labute approximate surface area is 236 Å². The summed E-state index contributed by atoms with van der Waals surface area (Å²) in [5, 5.41) is 3.77. The van der Waals surface area contributed by atoms with E-state index in [0.717, 1.165) is 38.9 Å². The Bertz CT molecular complexity index is 1080. The lowest BCUT2D eigenvalue weighted by Gasteiger charge is -2.35. The van der Waals surface area contributed by atoms with Crippen molar-refractivity contribution in [2.45, 2.75) is 64.5 Å². The first-order valence-electron chi connectivity index (χ1n) is 13.2. The van der Waals surface area contributed by atoms with Crippen LogP contribution >= 0.6 is 23.2 Å². The van der Waals surface area contributed by atoms with Crippen LogP contribution in [-0.2, 0) is 19.6 Å². The largest absolute Gasteiger partial charge is 0.444 e. The molecule has 0 saturated carbocycles. The van der Waals surface area contributed by atoms with E-state index in [-0.39, 0.29) is 24.0 Å². The number of rotatable bonds is 8. The summed E-state index contributed by atoms with van der Waals surface area (Å²) in [6.07, 6.45) is 4.24. The molecule has 9 nitrogen and oxygen atoms in total. The molecule has 2 aliphatic rings. The van der Waals surface area contributed by atoms with Gasteiger partial charge in [0.2, 0.25) is 15.9 Å². The van der Waals surface area contributed by atoms with Gasteiger partial charge in [0.05, 0.1) is 16.3 Å². The lowest BCUT2D eigenvalue weighted by molar-refractivity contribution is -0.123. The molecule has 0 atom stereocenters. The van der Waals surface area contributed by atoms with Crippen molar-refractivity contribution in [1.29, 1.82) is 0 Å². The van der Waals surface area contributed by atoms with Crippen LogP contribution in [0.4, 0.5) is 10.5 Å². The fraction of sp³-hybridized carbons (Fsp3) is 0.692. The van der Waals surface area contributed by atoms with Crippen LogP contribution in [0.1, 0.15) is 52.9 Å². The maximum atomic E-state index is 13.6. The number of benzene rings is 1. The second kappa shape index (κ2) is 13.2. The summed E-state index contributed by atoms with van der Waals surface area (Å²) in [6.45, 7) is 9.26. The van der Waals surface area contributed by atoms with Gasteiger partial charge in [-0.25, -0.2) is 17.5 Å². The standard InChI is InChI=1S/C26H40Cl2N4O5S/c1-26(2,3)37-25(34)29-20-10-14-30(15-11-20)12-5-13-32(21-6-7-22(27)23(28)18-21)24(33)19-8-16-31(17-9-19)38(4,35)36/h6-7,18-20H,5,8-17H2,1-4H3,(H,29,34). The predicted molar refractivity (Wildman–Crippen MR) is 151 cm³/mol. The van der Waals surface area contributed by atoms with Crippen LogP contribution in [0.15, 0.2) is 18.2 Å². The van der Waals surface area contributed by atoms with Crippen LogP contribution < -0.4 is 10.2 Å². The molecule has 0 unspecified atom stereocenters. The summed E-state index contributed by atoms with van der Waals surface area (Å²) >= 11 is 12.4. The lowest BCUT2D eigenvalue weighted by Crippen LogP contribution is -2.47. The first-order chi connectivity index (χ1) is 17.7. The van der Waals surface area contributed by atoms with Gasteiger partial charge in [0.25, 0.3) is 0 Å². The van der Waals surface area contributed by atoms with Crippen molar-refractivity contribution in [3.8, 4) is 0 Å². The Hall–Kier alpha value is -1.59. The SMILES string of the molecule is CC(C)(C)OC(=O)NC1CCN(CCCN(C(=O)C2CCN(S(C)(=O)=O)CC2)c2ccc(Cl)c(Cl)c2)CC1. The molecule has 38 heavy (non-hydrogen) atoms. The topological polar surface area (TPSA) is 99.3 Å². The monoisotopic (exact) mass is 590 g/mol. The average molecular weight is 592 g/mol. The summed E-state index contributed by atoms with van der Waals surface area (Å²) < 4.78 is 30.6. The highest BCUT2D eigenvalue weighted by atomic mass is 35.5. The van der Waals surface area contributed by atoms with Gasteiger partial charge in [-0.05, 0) is 77.6 Å². The van der Waals surface area contributed by atoms with Crippen LogP contribution in [0, 0.1) is 5.92 Å². The van der Waals surface area contributed by atoms with E-state index in [1.807, 2.05) is 20.8 Å². The number of anilines is 1. The van der Waals surface area contributed by atoms with Gasteiger partial charge < -0.3 is 19.9 Å². The minimum Gasteiger partial charge on any atom is -0.444 e. The first-order valence-corrected chi connectivity index (χ1v) is 15.8. The lowest BCUT2D eigenvalue weighted by atomic mass is 9.96. The van der Waals surface area contributed by atoms with Crippen molar-refractivity contribution in [3.05, 3.63) is 28.2 Å². The summed E-state index contributed by atoms with van der Waals surface area (Å²) in [4.78, 5) is 29.8. The fourth-order valence-corrected chi connectivity index (χ4v) is 6.07. The van der Waals surface area contributed by atoms with Crippen molar-refractivity contribution < 1.29 is 22.7 Å². The summed E-state index contributed by atoms with van der Waals surface area (Å²) in [7, 11) is -3.26. The number of hydrogen-bond donors (Lipinski definition) is 1. The molecule has 1 N–H and O–H groups in total. The highest BCUT2D eigenvalue weighted by Crippen LogP contribution is 2.30. The molecule has 0 spiro atoms. The smallest absolute Gasteiger partial charge is 0.407 e. The van der Waals surface area contributed by atoms with Crippen LogP contribution in [0.5, 0.6) is 0 Å². The van der Waals surface area contributed by atoms with Crippen LogP contribution in [0.25, 0.3) is 0 Å². The Morgan fingerprint density at radius 1 is 1.05 bits per heavy atom. The van der Waals surface area contributed by atoms with E-state index >= 15 is 0 Å². The normalized spacial score (nSPS) is 18.8. The molecule has 12 heteroatoms. The third-order valence-corrected chi connectivity index (χ3v) is 8.96. The van der Waals surface area contributed by atoms with E-state index in [4.69, 9.17) is 27.9 Å². The zero-order valence-corrected chi connectivity index (χ0v) is 25.0. The van der Waals surface area contributed by atoms with Gasteiger partial charge in [0.1, 0.15) is 5.60 Å². The molecule has 214 valence electrons. The molecule has 2 heterocycles. The van der Waals surface area contributed by atoms with E-state index in [1.54, 1.807) is 23.1 Å². The molecule has 3 rings (SSSR count). The van der Waals surface area contributed by atoms with Gasteiger partial charge in [-0.1, -0.05) is 23.2 Å². The fourth-order valence-electron chi connectivity index (χ4n) is 4.90. The van der Waals surface area contributed by atoms with Crippen molar-refractivity contribution >= 4 is 50.9 Å². The number of carbonyl (C=O) groups excluding carboxylic acids is 2. The number of alkyl carbamates (subject to hydrolysis) is 1. The molecule has 0 aromatic heterocycles. The Balaban J connectivity index is 1.55. The number of nitrogens with zero attached hydrogens (tertiary/aromatic N) is 3. The molecule has 2 fully saturated rings. The maximum Gasteiger partial charge on any atom is 0.407 e. The van der Waals surface area contributed by atoms with Gasteiger partial charge in [-0.2, -0.15) is 0 Å². The van der Waals surface area contributed by atoms with E-state index in [1.165, 1.54) is 10.6 Å². The van der Waals surface area contributed by atoms with Gasteiger partial charge >= 0.3 is 6.09 Å². The average Bonchev–Trinajstić information content (AvgIpc) is 2.83. The number of likely N-dealkylation sites (tertiary alicyclic amines) is 1. The number of ether oxygens (including phenoxy) is 1. The Kier molecular flexibility index (Phi) is 10.7. The second-order valence-corrected chi connectivity index (χ2v) is 13.9. The van der Waals surface area contributed by atoms with E-state index in [9.17, 15) is 18.0 Å². The summed E-state index contributed by atoms with van der Waals surface area (Å²) in [6, 6.07) is 5.29. The Morgan fingerprint density at radius 2 is 1.68 bits per heavy atom. The molecule has 0 radical (unpaired) electrons. The highest BCUT2D eigenvalue weighted by Gasteiger charge is 2.32. The molecule has 2 amide bonds. The molecule has 1 aromatic rings. The van der Waals surface area contributed by atoms with Crippen LogP contribution in [-0.4, -0.2) is 86.8 Å². The van der Waals surface area contributed by atoms with Gasteiger partial charge in [-0.15, -0.1) is 0 Å². The van der Waals surface area contributed by atoms with Crippen molar-refractivity contribution in [2.75, 3.05) is 50.4 Å². The molecule has 1 aromatic carbocycles. The number of nitrogens with one attached hydrogen (secondary N) is 1. The summed E-state index contributed by atoms with van der Waals surface area (Å²) in [5.41, 5.74) is 0.169. The second-order valence-electron chi connectivity index (χ2n) is 11.1. The van der Waals surface area contributed by atoms with Crippen LogP contribution in [0.3, 0.4) is 0 Å². The third-order valence-electron chi connectivity index (χ3n) is 6.92. The molecule has 0 bridgehead atoms. The molecular weight excluding hydrogens is 551 g/mol. The van der Waals surface area contributed by atoms with E-state index in [2.05, 4.69) is 10.2 Å². The number of carbonyl (C=O) groups is 2. The maximum absolute atomic E-state index is 13.6. The van der Waals surface area contributed by atoms with E-state index < -0.39 is 15.6 Å². The number of hydrogen-bond acceptors (Lipinski definition) is 6. The number of halogens is 2. The number of amides is 2. The van der Waals surface area contributed by atoms with Crippen molar-refractivity contribution in [3.63, 3.8) is 0 Å². The van der Waals surface area contributed by atoms with Crippen LogP contribution in [0.2, 0.25) is 10.0 Å². The Morgan fingerprint density at radius 3 is 2.24 bits per heavy atom. The number of piperidine rings is 2. The number of sulfonamides is 1. The third kappa shape index (κ3) is 9.26. The van der Waals surface area contributed by atoms with Gasteiger partial charge in [0, 0.05) is 50.4 Å². The molecule has 0 aliphatic carbocycles. The van der Waals surface area contributed by atoms with Crippen molar-refractivity contribution in [1.82, 2.24) is 14.5 Å². The first kappa shape index (κ1) is 30.9. The molecular formula is C26H40Cl2N4O5S. The van der Waals surface area contributed by atoms with E-state index in [0.29, 0.717) is 48.2 Å². The highest BCUT2D eigenvalue weighted by molar-refractivity contribution is 7.88.